The van der Waals surface area contributed by atoms with Crippen molar-refractivity contribution >= 4 is 28.8 Å². The molecule has 1 saturated heterocycles. The van der Waals surface area contributed by atoms with Gasteiger partial charge in [0.1, 0.15) is 0 Å². The number of carbonyl (C=O) groups is 2. The topological polar surface area (TPSA) is 49.4 Å². The minimum absolute atomic E-state index is 0.0153. The lowest BCUT2D eigenvalue weighted by atomic mass is 9.98. The molecule has 0 radical (unpaired) electrons. The summed E-state index contributed by atoms with van der Waals surface area (Å²) in [6.45, 7) is 5.05. The van der Waals surface area contributed by atoms with Gasteiger partial charge in [0.2, 0.25) is 5.91 Å². The van der Waals surface area contributed by atoms with E-state index in [1.54, 1.807) is 4.90 Å². The maximum absolute atomic E-state index is 12.2. The Morgan fingerprint density at radius 1 is 1.18 bits per heavy atom. The zero-order valence-electron chi connectivity index (χ0n) is 12.6. The van der Waals surface area contributed by atoms with Crippen LogP contribution in [-0.2, 0) is 4.79 Å². The van der Waals surface area contributed by atoms with Crippen LogP contribution in [-0.4, -0.2) is 29.8 Å². The molecule has 1 aromatic carbocycles. The third-order valence-corrected chi connectivity index (χ3v) is 4.90. The molecule has 1 fully saturated rings. The summed E-state index contributed by atoms with van der Waals surface area (Å²) in [5.74, 6) is -0.116. The molecule has 4 nitrogen and oxygen atoms in total. The lowest BCUT2D eigenvalue weighted by Crippen LogP contribution is -2.54. The second-order valence-electron chi connectivity index (χ2n) is 5.67. The third kappa shape index (κ3) is 2.90. The number of rotatable bonds is 3. The van der Waals surface area contributed by atoms with E-state index >= 15 is 0 Å². The monoisotopic (exact) mass is 314 g/mol. The Morgan fingerprint density at radius 3 is 2.59 bits per heavy atom. The van der Waals surface area contributed by atoms with Crippen LogP contribution in [0.2, 0.25) is 0 Å². The third-order valence-electron chi connectivity index (χ3n) is 4.05. The Balaban J connectivity index is 1.55. The fourth-order valence-corrected chi connectivity index (χ4v) is 3.12. The molecule has 0 saturated carbocycles. The number of benzene rings is 1. The fraction of sp³-hybridized carbons (Fsp3) is 0.294. The fourth-order valence-electron chi connectivity index (χ4n) is 2.43. The first-order chi connectivity index (χ1) is 10.5. The maximum atomic E-state index is 12.2. The molecule has 1 aromatic heterocycles. The molecule has 1 aliphatic rings. The molecule has 22 heavy (non-hydrogen) atoms. The largest absolute Gasteiger partial charge is 0.336 e. The highest BCUT2D eigenvalue weighted by molar-refractivity contribution is 7.12. The molecule has 1 aliphatic heterocycles. The van der Waals surface area contributed by atoms with E-state index in [-0.39, 0.29) is 17.7 Å². The molecule has 0 atom stereocenters. The van der Waals surface area contributed by atoms with E-state index in [0.29, 0.717) is 13.1 Å². The summed E-state index contributed by atoms with van der Waals surface area (Å²) >= 11 is 1.43. The minimum Gasteiger partial charge on any atom is -0.336 e. The normalized spacial score (nSPS) is 14.5. The first-order valence-electron chi connectivity index (χ1n) is 7.25. The highest BCUT2D eigenvalue weighted by Crippen LogP contribution is 2.23. The molecule has 3 rings (SSSR count). The Morgan fingerprint density at radius 2 is 1.95 bits per heavy atom. The van der Waals surface area contributed by atoms with Crippen molar-refractivity contribution in [1.82, 2.24) is 4.90 Å². The molecule has 2 aromatic rings. The van der Waals surface area contributed by atoms with Gasteiger partial charge < -0.3 is 10.2 Å². The van der Waals surface area contributed by atoms with Gasteiger partial charge in [-0.3, -0.25) is 9.59 Å². The average Bonchev–Trinajstić information content (AvgIpc) is 2.95. The van der Waals surface area contributed by atoms with Gasteiger partial charge in [-0.2, -0.15) is 0 Å². The minimum atomic E-state index is -0.120. The predicted molar refractivity (Wildman–Crippen MR) is 88.3 cm³/mol. The van der Waals surface area contributed by atoms with Gasteiger partial charge >= 0.3 is 0 Å². The lowest BCUT2D eigenvalue weighted by Gasteiger charge is -2.37. The number of thiophene rings is 1. The Labute approximate surface area is 133 Å². The zero-order valence-corrected chi connectivity index (χ0v) is 13.4. The summed E-state index contributed by atoms with van der Waals surface area (Å²) in [4.78, 5) is 26.7. The molecule has 1 N–H and O–H groups in total. The van der Waals surface area contributed by atoms with E-state index in [9.17, 15) is 9.59 Å². The van der Waals surface area contributed by atoms with E-state index in [4.69, 9.17) is 0 Å². The Hall–Kier alpha value is -2.14. The second kappa shape index (κ2) is 5.93. The van der Waals surface area contributed by atoms with Crippen molar-refractivity contribution in [2.45, 2.75) is 13.8 Å². The highest BCUT2D eigenvalue weighted by atomic mass is 32.1. The molecule has 5 heteroatoms. The number of nitrogens with one attached hydrogen (secondary N) is 1. The van der Waals surface area contributed by atoms with Crippen LogP contribution in [0, 0.1) is 19.8 Å². The summed E-state index contributed by atoms with van der Waals surface area (Å²) in [6, 6.07) is 9.56. The van der Waals surface area contributed by atoms with Gasteiger partial charge in [0.15, 0.2) is 0 Å². The van der Waals surface area contributed by atoms with Crippen LogP contribution < -0.4 is 5.32 Å². The Bertz CT molecular complexity index is 703. The second-order valence-corrected chi connectivity index (χ2v) is 6.62. The summed E-state index contributed by atoms with van der Waals surface area (Å²) in [5.41, 5.74) is 3.17. The van der Waals surface area contributed by atoms with Gasteiger partial charge in [-0.1, -0.05) is 12.1 Å². The van der Waals surface area contributed by atoms with Crippen LogP contribution >= 0.6 is 11.3 Å². The number of hydrogen-bond acceptors (Lipinski definition) is 3. The highest BCUT2D eigenvalue weighted by Gasteiger charge is 2.36. The van der Waals surface area contributed by atoms with Crippen molar-refractivity contribution < 1.29 is 9.59 Å². The number of hydrogen-bond donors (Lipinski definition) is 1. The van der Waals surface area contributed by atoms with E-state index in [2.05, 4.69) is 5.32 Å². The van der Waals surface area contributed by atoms with Crippen LogP contribution in [0.25, 0.3) is 0 Å². The summed E-state index contributed by atoms with van der Waals surface area (Å²) < 4.78 is 0. The maximum Gasteiger partial charge on any atom is 0.263 e. The van der Waals surface area contributed by atoms with E-state index in [1.807, 2.05) is 49.6 Å². The molecule has 0 bridgehead atoms. The summed E-state index contributed by atoms with van der Waals surface area (Å²) in [5, 5.41) is 4.82. The van der Waals surface area contributed by atoms with E-state index < -0.39 is 0 Å². The van der Waals surface area contributed by atoms with Crippen molar-refractivity contribution in [3.63, 3.8) is 0 Å². The van der Waals surface area contributed by atoms with Gasteiger partial charge in [0, 0.05) is 18.8 Å². The number of anilines is 1. The van der Waals surface area contributed by atoms with Crippen LogP contribution in [0.15, 0.2) is 35.7 Å². The van der Waals surface area contributed by atoms with Gasteiger partial charge in [-0.15, -0.1) is 11.3 Å². The lowest BCUT2D eigenvalue weighted by molar-refractivity contribution is -0.123. The first-order valence-corrected chi connectivity index (χ1v) is 8.13. The first kappa shape index (κ1) is 14.8. The van der Waals surface area contributed by atoms with E-state index in [1.165, 1.54) is 16.9 Å². The van der Waals surface area contributed by atoms with Gasteiger partial charge in [-0.25, -0.2) is 0 Å². The number of amides is 2. The molecule has 2 heterocycles. The number of likely N-dealkylation sites (tertiary alicyclic amines) is 1. The van der Waals surface area contributed by atoms with Gasteiger partial charge in [-0.05, 0) is 48.6 Å². The molecule has 2 amide bonds. The molecule has 114 valence electrons. The van der Waals surface area contributed by atoms with Crippen molar-refractivity contribution in [2.75, 3.05) is 18.4 Å². The summed E-state index contributed by atoms with van der Waals surface area (Å²) in [7, 11) is 0. The molecular weight excluding hydrogens is 296 g/mol. The van der Waals surface area contributed by atoms with Crippen LogP contribution in [0.3, 0.4) is 0 Å². The van der Waals surface area contributed by atoms with Crippen molar-refractivity contribution in [3.8, 4) is 0 Å². The van der Waals surface area contributed by atoms with E-state index in [0.717, 1.165) is 16.1 Å². The van der Waals surface area contributed by atoms with Crippen LogP contribution in [0.5, 0.6) is 0 Å². The molecule has 0 spiro atoms. The average molecular weight is 314 g/mol. The van der Waals surface area contributed by atoms with Crippen molar-refractivity contribution in [1.29, 1.82) is 0 Å². The molecule has 0 unspecified atom stereocenters. The zero-order chi connectivity index (χ0) is 15.7. The quantitative estimate of drug-likeness (QED) is 0.946. The van der Waals surface area contributed by atoms with Crippen LogP contribution in [0.1, 0.15) is 20.8 Å². The van der Waals surface area contributed by atoms with Crippen molar-refractivity contribution in [3.05, 3.63) is 51.7 Å². The van der Waals surface area contributed by atoms with Crippen molar-refractivity contribution in [2.24, 2.45) is 5.92 Å². The smallest absolute Gasteiger partial charge is 0.263 e. The number of carbonyl (C=O) groups excluding carboxylic acids is 2. The predicted octanol–water partition coefficient (Wildman–Crippen LogP) is 3.08. The van der Waals surface area contributed by atoms with Gasteiger partial charge in [0.05, 0.1) is 10.8 Å². The summed E-state index contributed by atoms with van der Waals surface area (Å²) in [6.07, 6.45) is 0. The van der Waals surface area contributed by atoms with Gasteiger partial charge in [0.25, 0.3) is 5.91 Å². The standard InChI is InChI=1S/C17H18N2O2S/c1-11-5-6-14(8-12(11)2)18-16(20)13-9-19(10-13)17(21)15-4-3-7-22-15/h3-8,13H,9-10H2,1-2H3,(H,18,20). The molecular formula is C17H18N2O2S. The molecule has 0 aliphatic carbocycles. The number of aryl methyl sites for hydroxylation is 2. The Kier molecular flexibility index (Phi) is 3.98. The number of nitrogens with zero attached hydrogens (tertiary/aromatic N) is 1. The van der Waals surface area contributed by atoms with Crippen LogP contribution in [0.4, 0.5) is 5.69 Å². The SMILES string of the molecule is Cc1ccc(NC(=O)C2CN(C(=O)c3cccs3)C2)cc1C.